The van der Waals surface area contributed by atoms with Crippen molar-refractivity contribution in [1.29, 1.82) is 0 Å². The van der Waals surface area contributed by atoms with Gasteiger partial charge in [0.25, 0.3) is 0 Å². The zero-order valence-electron chi connectivity index (χ0n) is 9.21. The molecule has 1 aliphatic heterocycles. The predicted octanol–water partition coefficient (Wildman–Crippen LogP) is 2.77. The number of benzene rings is 1. The second kappa shape index (κ2) is 4.20. The van der Waals surface area contributed by atoms with Crippen LogP contribution in [0.3, 0.4) is 0 Å². The lowest BCUT2D eigenvalue weighted by atomic mass is 10.1. The summed E-state index contributed by atoms with van der Waals surface area (Å²) in [5.41, 5.74) is 0.362. The molecule has 1 atom stereocenters. The Morgan fingerprint density at radius 2 is 1.88 bits per heavy atom. The van der Waals surface area contributed by atoms with Crippen molar-refractivity contribution in [3.8, 4) is 0 Å². The number of hydrogen-bond acceptors (Lipinski definition) is 2. The van der Waals surface area contributed by atoms with Crippen LogP contribution in [0, 0.1) is 17.6 Å². The quantitative estimate of drug-likeness (QED) is 0.758. The second-order valence-corrected chi connectivity index (χ2v) is 4.21. The van der Waals surface area contributed by atoms with Crippen LogP contribution in [0.2, 0.25) is 0 Å². The van der Waals surface area contributed by atoms with Crippen LogP contribution in [0.4, 0.5) is 8.78 Å². The molecule has 0 amide bonds. The summed E-state index contributed by atoms with van der Waals surface area (Å²) in [5, 5.41) is 0. The van der Waals surface area contributed by atoms with E-state index < -0.39 is 11.6 Å². The van der Waals surface area contributed by atoms with Gasteiger partial charge in [-0.1, -0.05) is 13.8 Å². The van der Waals surface area contributed by atoms with E-state index in [9.17, 15) is 8.78 Å². The van der Waals surface area contributed by atoms with Gasteiger partial charge in [0, 0.05) is 11.6 Å². The highest BCUT2D eigenvalue weighted by Gasteiger charge is 2.23. The average Bonchev–Trinajstić information content (AvgIpc) is 2.64. The van der Waals surface area contributed by atoms with E-state index in [0.717, 1.165) is 6.07 Å². The zero-order valence-corrected chi connectivity index (χ0v) is 9.21. The van der Waals surface area contributed by atoms with Gasteiger partial charge in [0.05, 0.1) is 6.04 Å². The number of rotatable bonds is 2. The number of ether oxygens (including phenoxy) is 1. The summed E-state index contributed by atoms with van der Waals surface area (Å²) in [4.78, 5) is 4.30. The highest BCUT2D eigenvalue weighted by molar-refractivity contribution is 5.95. The van der Waals surface area contributed by atoms with E-state index in [0.29, 0.717) is 24.0 Å². The van der Waals surface area contributed by atoms with Crippen molar-refractivity contribution >= 4 is 5.90 Å². The molecule has 1 aromatic carbocycles. The Bertz CT molecular complexity index is 409. The number of hydrogen-bond donors (Lipinski definition) is 0. The van der Waals surface area contributed by atoms with Crippen LogP contribution in [0.5, 0.6) is 0 Å². The minimum Gasteiger partial charge on any atom is -0.475 e. The van der Waals surface area contributed by atoms with Crippen molar-refractivity contribution in [1.82, 2.24) is 0 Å². The molecule has 2 nitrogen and oxygen atoms in total. The summed E-state index contributed by atoms with van der Waals surface area (Å²) in [6.45, 7) is 4.55. The fraction of sp³-hybridized carbons (Fsp3) is 0.417. The highest BCUT2D eigenvalue weighted by Crippen LogP contribution is 2.18. The third-order valence-electron chi connectivity index (χ3n) is 2.55. The molecule has 0 aliphatic carbocycles. The molecule has 0 unspecified atom stereocenters. The molecule has 2 rings (SSSR count). The van der Waals surface area contributed by atoms with E-state index in [1.807, 2.05) is 13.8 Å². The van der Waals surface area contributed by atoms with Gasteiger partial charge in [-0.15, -0.1) is 0 Å². The molecule has 1 aliphatic rings. The third-order valence-corrected chi connectivity index (χ3v) is 2.55. The Balaban J connectivity index is 2.28. The number of halogens is 2. The molecule has 0 spiro atoms. The minimum atomic E-state index is -0.616. The van der Waals surface area contributed by atoms with Crippen molar-refractivity contribution < 1.29 is 13.5 Å². The lowest BCUT2D eigenvalue weighted by Gasteiger charge is -2.06. The van der Waals surface area contributed by atoms with Crippen molar-refractivity contribution in [2.45, 2.75) is 19.9 Å². The van der Waals surface area contributed by atoms with E-state index in [1.165, 1.54) is 12.1 Å². The maximum atomic E-state index is 13.0. The maximum Gasteiger partial charge on any atom is 0.216 e. The van der Waals surface area contributed by atoms with Crippen LogP contribution >= 0.6 is 0 Å². The van der Waals surface area contributed by atoms with E-state index >= 15 is 0 Å². The first kappa shape index (κ1) is 11.0. The van der Waals surface area contributed by atoms with Gasteiger partial charge in [-0.25, -0.2) is 13.8 Å². The number of nitrogens with zero attached hydrogens (tertiary/aromatic N) is 1. The Hall–Kier alpha value is -1.45. The van der Waals surface area contributed by atoms with Gasteiger partial charge in [0.15, 0.2) is 0 Å². The van der Waals surface area contributed by atoms with Crippen molar-refractivity contribution in [2.24, 2.45) is 10.9 Å². The van der Waals surface area contributed by atoms with E-state index in [2.05, 4.69) is 4.99 Å². The molecule has 0 aromatic heterocycles. The van der Waals surface area contributed by atoms with Gasteiger partial charge in [-0.2, -0.15) is 0 Å². The first-order valence-electron chi connectivity index (χ1n) is 5.23. The molecule has 0 N–H and O–H groups in total. The van der Waals surface area contributed by atoms with E-state index in [4.69, 9.17) is 4.74 Å². The van der Waals surface area contributed by atoms with E-state index in [-0.39, 0.29) is 6.04 Å². The fourth-order valence-corrected chi connectivity index (χ4v) is 1.57. The second-order valence-electron chi connectivity index (χ2n) is 4.21. The maximum absolute atomic E-state index is 13.0. The SMILES string of the molecule is CC(C)[C@@H]1COC(c2cc(F)cc(F)c2)=N1. The van der Waals surface area contributed by atoms with Crippen LogP contribution in [-0.2, 0) is 4.74 Å². The van der Waals surface area contributed by atoms with Crippen LogP contribution in [-0.4, -0.2) is 18.5 Å². The summed E-state index contributed by atoms with van der Waals surface area (Å²) in [6.07, 6.45) is 0. The summed E-state index contributed by atoms with van der Waals surface area (Å²) in [7, 11) is 0. The monoisotopic (exact) mass is 225 g/mol. The first-order chi connectivity index (χ1) is 7.56. The van der Waals surface area contributed by atoms with Gasteiger partial charge in [0.1, 0.15) is 18.2 Å². The molecular weight excluding hydrogens is 212 g/mol. The van der Waals surface area contributed by atoms with Crippen molar-refractivity contribution in [3.05, 3.63) is 35.4 Å². The van der Waals surface area contributed by atoms with Gasteiger partial charge >= 0.3 is 0 Å². The minimum absolute atomic E-state index is 0.0707. The first-order valence-corrected chi connectivity index (χ1v) is 5.23. The Labute approximate surface area is 93.0 Å². The Kier molecular flexibility index (Phi) is 2.90. The van der Waals surface area contributed by atoms with Gasteiger partial charge in [-0.3, -0.25) is 0 Å². The largest absolute Gasteiger partial charge is 0.475 e. The molecular formula is C12H13F2NO. The molecule has 1 heterocycles. The van der Waals surface area contributed by atoms with E-state index in [1.54, 1.807) is 0 Å². The molecule has 0 radical (unpaired) electrons. The summed E-state index contributed by atoms with van der Waals surface area (Å²) >= 11 is 0. The summed E-state index contributed by atoms with van der Waals surface area (Å²) < 4.78 is 31.3. The molecule has 86 valence electrons. The zero-order chi connectivity index (χ0) is 11.7. The topological polar surface area (TPSA) is 21.6 Å². The van der Waals surface area contributed by atoms with Crippen molar-refractivity contribution in [3.63, 3.8) is 0 Å². The standard InChI is InChI=1S/C12H13F2NO/c1-7(2)11-6-16-12(15-11)8-3-9(13)5-10(14)4-8/h3-5,7,11H,6H2,1-2H3/t11-/m0/s1. The van der Waals surface area contributed by atoms with Gasteiger partial charge in [0.2, 0.25) is 5.90 Å². The molecule has 0 fully saturated rings. The third kappa shape index (κ3) is 2.21. The van der Waals surface area contributed by atoms with Gasteiger partial charge in [-0.05, 0) is 18.1 Å². The molecule has 0 saturated heterocycles. The van der Waals surface area contributed by atoms with Crippen LogP contribution in [0.25, 0.3) is 0 Å². The normalized spacial score (nSPS) is 19.8. The predicted molar refractivity (Wildman–Crippen MR) is 57.5 cm³/mol. The average molecular weight is 225 g/mol. The van der Waals surface area contributed by atoms with Crippen LogP contribution in [0.15, 0.2) is 23.2 Å². The lowest BCUT2D eigenvalue weighted by Crippen LogP contribution is -2.13. The van der Waals surface area contributed by atoms with Crippen LogP contribution in [0.1, 0.15) is 19.4 Å². The fourth-order valence-electron chi connectivity index (χ4n) is 1.57. The summed E-state index contributed by atoms with van der Waals surface area (Å²) in [5.74, 6) is -0.545. The number of aliphatic imine (C=N–C) groups is 1. The lowest BCUT2D eigenvalue weighted by molar-refractivity contribution is 0.291. The van der Waals surface area contributed by atoms with Crippen LogP contribution < -0.4 is 0 Å². The smallest absolute Gasteiger partial charge is 0.216 e. The molecule has 0 bridgehead atoms. The Morgan fingerprint density at radius 3 is 2.38 bits per heavy atom. The molecule has 0 saturated carbocycles. The molecule has 4 heteroatoms. The molecule has 16 heavy (non-hydrogen) atoms. The Morgan fingerprint density at radius 1 is 1.25 bits per heavy atom. The summed E-state index contributed by atoms with van der Waals surface area (Å²) in [6, 6.07) is 3.36. The molecule has 1 aromatic rings. The van der Waals surface area contributed by atoms with Crippen molar-refractivity contribution in [2.75, 3.05) is 6.61 Å². The van der Waals surface area contributed by atoms with Gasteiger partial charge < -0.3 is 4.74 Å². The highest BCUT2D eigenvalue weighted by atomic mass is 19.1.